The van der Waals surface area contributed by atoms with E-state index in [1.807, 2.05) is 12.2 Å². The van der Waals surface area contributed by atoms with E-state index in [0.717, 1.165) is 6.42 Å². The van der Waals surface area contributed by atoms with Crippen LogP contribution in [0, 0.1) is 0 Å². The second-order valence-corrected chi connectivity index (χ2v) is 2.05. The number of isocyanates is 1. The van der Waals surface area contributed by atoms with E-state index in [9.17, 15) is 4.79 Å². The van der Waals surface area contributed by atoms with Crippen molar-refractivity contribution in [1.29, 1.82) is 0 Å². The molecule has 0 aliphatic heterocycles. The van der Waals surface area contributed by atoms with Crippen molar-refractivity contribution in [3.05, 3.63) is 12.2 Å². The van der Waals surface area contributed by atoms with Crippen LogP contribution in [0.5, 0.6) is 0 Å². The van der Waals surface area contributed by atoms with E-state index in [1.165, 1.54) is 18.9 Å². The molecule has 10 heavy (non-hydrogen) atoms. The van der Waals surface area contributed by atoms with Gasteiger partial charge in [-0.2, -0.15) is 0 Å². The standard InChI is InChI=1S/C8H13NO/c1-2-3-4-5-6-7-9-8-10/h5-6H,2-4,7H2,1H3. The molecule has 0 unspecified atom stereocenters. The molecule has 56 valence electrons. The Kier molecular flexibility index (Phi) is 7.41. The van der Waals surface area contributed by atoms with Crippen LogP contribution in [-0.2, 0) is 4.79 Å². The zero-order valence-corrected chi connectivity index (χ0v) is 6.34. The fraction of sp³-hybridized carbons (Fsp3) is 0.625. The molecule has 2 nitrogen and oxygen atoms in total. The van der Waals surface area contributed by atoms with Gasteiger partial charge in [-0.1, -0.05) is 31.9 Å². The van der Waals surface area contributed by atoms with Gasteiger partial charge in [-0.15, -0.1) is 0 Å². The average molecular weight is 139 g/mol. The highest BCUT2D eigenvalue weighted by Crippen LogP contribution is 1.94. The van der Waals surface area contributed by atoms with Crippen LogP contribution >= 0.6 is 0 Å². The zero-order chi connectivity index (χ0) is 7.66. The monoisotopic (exact) mass is 139 g/mol. The number of nitrogens with zero attached hydrogens (tertiary/aromatic N) is 1. The summed E-state index contributed by atoms with van der Waals surface area (Å²) in [6.45, 7) is 2.63. The number of hydrogen-bond donors (Lipinski definition) is 0. The third kappa shape index (κ3) is 7.12. The van der Waals surface area contributed by atoms with Crippen molar-refractivity contribution in [3.63, 3.8) is 0 Å². The fourth-order valence-electron chi connectivity index (χ4n) is 0.604. The minimum Gasteiger partial charge on any atom is -0.211 e. The number of rotatable bonds is 5. The number of carbonyl (C=O) groups excluding carboxylic acids is 1. The molecular weight excluding hydrogens is 126 g/mol. The predicted molar refractivity (Wildman–Crippen MR) is 41.7 cm³/mol. The Morgan fingerprint density at radius 2 is 2.30 bits per heavy atom. The van der Waals surface area contributed by atoms with Crippen molar-refractivity contribution in [1.82, 2.24) is 0 Å². The molecule has 0 saturated carbocycles. The van der Waals surface area contributed by atoms with Crippen molar-refractivity contribution in [2.24, 2.45) is 4.99 Å². The molecule has 0 amide bonds. The van der Waals surface area contributed by atoms with Gasteiger partial charge < -0.3 is 0 Å². The Labute approximate surface area is 61.7 Å². The van der Waals surface area contributed by atoms with E-state index < -0.39 is 0 Å². The van der Waals surface area contributed by atoms with Crippen LogP contribution in [-0.4, -0.2) is 12.6 Å². The SMILES string of the molecule is CCCCC=CCN=C=O. The van der Waals surface area contributed by atoms with Crippen LogP contribution in [0.15, 0.2) is 17.1 Å². The first kappa shape index (κ1) is 9.12. The lowest BCUT2D eigenvalue weighted by Gasteiger charge is -1.85. The van der Waals surface area contributed by atoms with Crippen LogP contribution in [0.4, 0.5) is 0 Å². The quantitative estimate of drug-likeness (QED) is 0.248. The van der Waals surface area contributed by atoms with Gasteiger partial charge in [0.05, 0.1) is 6.54 Å². The van der Waals surface area contributed by atoms with Crippen LogP contribution < -0.4 is 0 Å². The van der Waals surface area contributed by atoms with Gasteiger partial charge in [-0.25, -0.2) is 9.79 Å². The summed E-state index contributed by atoms with van der Waals surface area (Å²) < 4.78 is 0. The van der Waals surface area contributed by atoms with Crippen molar-refractivity contribution >= 4 is 6.08 Å². The molecule has 0 N–H and O–H groups in total. The number of allylic oxidation sites excluding steroid dienone is 1. The second-order valence-electron chi connectivity index (χ2n) is 2.05. The van der Waals surface area contributed by atoms with Gasteiger partial charge in [0.2, 0.25) is 6.08 Å². The lowest BCUT2D eigenvalue weighted by molar-refractivity contribution is 0.564. The molecule has 0 bridgehead atoms. The smallest absolute Gasteiger partial charge is 0.211 e. The van der Waals surface area contributed by atoms with Gasteiger partial charge in [0.25, 0.3) is 0 Å². The topological polar surface area (TPSA) is 29.4 Å². The maximum absolute atomic E-state index is 9.57. The Hall–Kier alpha value is -0.880. The van der Waals surface area contributed by atoms with Crippen molar-refractivity contribution < 1.29 is 4.79 Å². The summed E-state index contributed by atoms with van der Waals surface area (Å²) in [6.07, 6.45) is 8.93. The summed E-state index contributed by atoms with van der Waals surface area (Å²) >= 11 is 0. The van der Waals surface area contributed by atoms with Gasteiger partial charge in [-0.3, -0.25) is 0 Å². The molecule has 0 atom stereocenters. The maximum Gasteiger partial charge on any atom is 0.235 e. The molecule has 0 heterocycles. The molecule has 0 aliphatic rings. The Balaban J connectivity index is 3.11. The van der Waals surface area contributed by atoms with Crippen LogP contribution in [0.1, 0.15) is 26.2 Å². The van der Waals surface area contributed by atoms with E-state index in [1.54, 1.807) is 0 Å². The van der Waals surface area contributed by atoms with Crippen molar-refractivity contribution in [3.8, 4) is 0 Å². The minimum atomic E-state index is 0.479. The number of unbranched alkanes of at least 4 members (excludes halogenated alkanes) is 2. The maximum atomic E-state index is 9.57. The lowest BCUT2D eigenvalue weighted by atomic mass is 10.2. The fourth-order valence-corrected chi connectivity index (χ4v) is 0.604. The van der Waals surface area contributed by atoms with Gasteiger partial charge in [0.15, 0.2) is 0 Å². The first-order valence-electron chi connectivity index (χ1n) is 3.60. The van der Waals surface area contributed by atoms with Gasteiger partial charge in [0.1, 0.15) is 0 Å². The summed E-state index contributed by atoms with van der Waals surface area (Å²) in [5.74, 6) is 0. The Morgan fingerprint density at radius 1 is 1.50 bits per heavy atom. The zero-order valence-electron chi connectivity index (χ0n) is 6.34. The highest BCUT2D eigenvalue weighted by Gasteiger charge is 1.76. The summed E-state index contributed by atoms with van der Waals surface area (Å²) in [5.41, 5.74) is 0. The molecule has 0 radical (unpaired) electrons. The largest absolute Gasteiger partial charge is 0.235 e. The second kappa shape index (κ2) is 8.12. The molecule has 0 fully saturated rings. The lowest BCUT2D eigenvalue weighted by Crippen LogP contribution is -1.71. The highest BCUT2D eigenvalue weighted by molar-refractivity contribution is 5.33. The Bertz CT molecular complexity index is 134. The summed E-state index contributed by atoms with van der Waals surface area (Å²) in [6, 6.07) is 0. The molecule has 0 rings (SSSR count). The van der Waals surface area contributed by atoms with E-state index in [2.05, 4.69) is 11.9 Å². The van der Waals surface area contributed by atoms with Crippen LogP contribution in [0.25, 0.3) is 0 Å². The third-order valence-corrected chi connectivity index (χ3v) is 1.15. The van der Waals surface area contributed by atoms with Crippen molar-refractivity contribution in [2.45, 2.75) is 26.2 Å². The van der Waals surface area contributed by atoms with E-state index in [4.69, 9.17) is 0 Å². The van der Waals surface area contributed by atoms with Gasteiger partial charge in [-0.05, 0) is 6.42 Å². The molecule has 2 heteroatoms. The predicted octanol–water partition coefficient (Wildman–Crippen LogP) is 2.07. The van der Waals surface area contributed by atoms with Crippen molar-refractivity contribution in [2.75, 3.05) is 6.54 Å². The van der Waals surface area contributed by atoms with E-state index in [0.29, 0.717) is 6.54 Å². The first-order chi connectivity index (χ1) is 4.91. The molecular formula is C8H13NO. The summed E-state index contributed by atoms with van der Waals surface area (Å²) in [5, 5.41) is 0. The first-order valence-corrected chi connectivity index (χ1v) is 3.60. The minimum absolute atomic E-state index is 0.479. The molecule has 0 aliphatic carbocycles. The normalized spacial score (nSPS) is 9.70. The molecule has 0 spiro atoms. The summed E-state index contributed by atoms with van der Waals surface area (Å²) in [7, 11) is 0. The molecule has 0 aromatic rings. The van der Waals surface area contributed by atoms with Crippen LogP contribution in [0.3, 0.4) is 0 Å². The molecule has 0 aromatic carbocycles. The average Bonchev–Trinajstić information content (AvgIpc) is 1.97. The Morgan fingerprint density at radius 3 is 2.90 bits per heavy atom. The number of aliphatic imine (C=N–C) groups is 1. The molecule has 0 aromatic heterocycles. The van der Waals surface area contributed by atoms with E-state index in [-0.39, 0.29) is 0 Å². The van der Waals surface area contributed by atoms with Gasteiger partial charge in [0, 0.05) is 0 Å². The van der Waals surface area contributed by atoms with E-state index >= 15 is 0 Å². The summed E-state index contributed by atoms with van der Waals surface area (Å²) in [4.78, 5) is 12.9. The third-order valence-electron chi connectivity index (χ3n) is 1.15. The van der Waals surface area contributed by atoms with Crippen LogP contribution in [0.2, 0.25) is 0 Å². The highest BCUT2D eigenvalue weighted by atomic mass is 16.1. The molecule has 0 saturated heterocycles. The number of hydrogen-bond acceptors (Lipinski definition) is 2. The van der Waals surface area contributed by atoms with Gasteiger partial charge >= 0.3 is 0 Å².